The van der Waals surface area contributed by atoms with Crippen molar-refractivity contribution in [3.05, 3.63) is 39.9 Å². The number of rotatable bonds is 6. The minimum atomic E-state index is 0.207. The Labute approximate surface area is 130 Å². The van der Waals surface area contributed by atoms with E-state index in [0.29, 0.717) is 5.92 Å². The third-order valence-corrected chi connectivity index (χ3v) is 4.47. The molecular weight excluding hydrogens is 282 g/mol. The van der Waals surface area contributed by atoms with Crippen molar-refractivity contribution in [1.29, 1.82) is 0 Å². The predicted octanol–water partition coefficient (Wildman–Crippen LogP) is 3.48. The maximum absolute atomic E-state index is 5.49. The van der Waals surface area contributed by atoms with Crippen molar-refractivity contribution in [3.8, 4) is 5.75 Å². The number of methoxy groups -OCH3 is 1. The molecular formula is C16H23N3OS. The van der Waals surface area contributed by atoms with Gasteiger partial charge in [-0.2, -0.15) is 0 Å². The van der Waals surface area contributed by atoms with Crippen LogP contribution in [0.5, 0.6) is 5.75 Å². The average molecular weight is 305 g/mol. The van der Waals surface area contributed by atoms with Crippen LogP contribution in [-0.2, 0) is 6.42 Å². The minimum Gasteiger partial charge on any atom is -0.496 e. The zero-order valence-corrected chi connectivity index (χ0v) is 14.1. The third-order valence-electron chi connectivity index (χ3n) is 3.61. The second-order valence-corrected chi connectivity index (χ2v) is 6.32. The maximum Gasteiger partial charge on any atom is 0.122 e. The van der Waals surface area contributed by atoms with E-state index in [-0.39, 0.29) is 6.04 Å². The third kappa shape index (κ3) is 3.60. The molecule has 1 heterocycles. The van der Waals surface area contributed by atoms with Gasteiger partial charge in [-0.25, -0.2) is 0 Å². The number of nitrogens with one attached hydrogen (secondary N) is 1. The summed E-state index contributed by atoms with van der Waals surface area (Å²) in [7, 11) is 3.70. The van der Waals surface area contributed by atoms with Gasteiger partial charge < -0.3 is 10.1 Å². The Hall–Kier alpha value is -1.46. The van der Waals surface area contributed by atoms with Crippen LogP contribution in [0.1, 0.15) is 47.5 Å². The van der Waals surface area contributed by atoms with E-state index < -0.39 is 0 Å². The van der Waals surface area contributed by atoms with Crippen LogP contribution < -0.4 is 10.1 Å². The number of aryl methyl sites for hydroxylation is 1. The van der Waals surface area contributed by atoms with Crippen LogP contribution in [0, 0.1) is 6.92 Å². The number of hydrogen-bond acceptors (Lipinski definition) is 5. The van der Waals surface area contributed by atoms with Crippen molar-refractivity contribution < 1.29 is 4.74 Å². The molecule has 21 heavy (non-hydrogen) atoms. The van der Waals surface area contributed by atoms with Crippen LogP contribution >= 0.6 is 11.5 Å². The topological polar surface area (TPSA) is 47.0 Å². The highest BCUT2D eigenvalue weighted by atomic mass is 32.1. The Balaban J connectivity index is 2.31. The molecule has 5 heteroatoms. The zero-order valence-electron chi connectivity index (χ0n) is 13.3. The standard InChI is InChI=1S/C16H23N3OS/c1-10(2)15-16(21-19-18-15)13(17-4)9-12-8-11(3)6-7-14(12)20-5/h6-8,10,13,17H,9H2,1-5H3. The molecule has 0 fully saturated rings. The first kappa shape index (κ1) is 15.9. The monoisotopic (exact) mass is 305 g/mol. The van der Waals surface area contributed by atoms with Gasteiger partial charge in [0.05, 0.1) is 17.7 Å². The molecule has 0 aliphatic rings. The zero-order chi connectivity index (χ0) is 15.4. The van der Waals surface area contributed by atoms with Crippen molar-refractivity contribution in [2.45, 2.75) is 39.2 Å². The van der Waals surface area contributed by atoms with E-state index in [2.05, 4.69) is 47.8 Å². The molecule has 0 saturated heterocycles. The van der Waals surface area contributed by atoms with E-state index in [0.717, 1.165) is 17.9 Å². The lowest BCUT2D eigenvalue weighted by atomic mass is 9.98. The van der Waals surface area contributed by atoms with Crippen molar-refractivity contribution in [2.75, 3.05) is 14.2 Å². The quantitative estimate of drug-likeness (QED) is 0.887. The maximum atomic E-state index is 5.49. The number of benzene rings is 1. The van der Waals surface area contributed by atoms with Crippen LogP contribution in [-0.4, -0.2) is 23.7 Å². The van der Waals surface area contributed by atoms with Gasteiger partial charge in [0.1, 0.15) is 5.75 Å². The highest BCUT2D eigenvalue weighted by Gasteiger charge is 2.21. The van der Waals surface area contributed by atoms with Crippen molar-refractivity contribution in [2.24, 2.45) is 0 Å². The van der Waals surface area contributed by atoms with Crippen LogP contribution in [0.2, 0.25) is 0 Å². The molecule has 0 bridgehead atoms. The summed E-state index contributed by atoms with van der Waals surface area (Å²) >= 11 is 1.48. The van der Waals surface area contributed by atoms with Crippen molar-refractivity contribution in [3.63, 3.8) is 0 Å². The second kappa shape index (κ2) is 7.00. The average Bonchev–Trinajstić information content (AvgIpc) is 2.94. The number of likely N-dealkylation sites (N-methyl/N-ethyl adjacent to an activating group) is 1. The number of hydrogen-bond donors (Lipinski definition) is 1. The molecule has 1 aromatic carbocycles. The van der Waals surface area contributed by atoms with Crippen LogP contribution in [0.15, 0.2) is 18.2 Å². The van der Waals surface area contributed by atoms with E-state index in [1.165, 1.54) is 27.5 Å². The van der Waals surface area contributed by atoms with Gasteiger partial charge in [-0.05, 0) is 49.5 Å². The summed E-state index contributed by atoms with van der Waals surface area (Å²) < 4.78 is 9.62. The van der Waals surface area contributed by atoms with Gasteiger partial charge >= 0.3 is 0 Å². The van der Waals surface area contributed by atoms with Crippen molar-refractivity contribution >= 4 is 11.5 Å². The van der Waals surface area contributed by atoms with E-state index in [9.17, 15) is 0 Å². The number of aromatic nitrogens is 2. The summed E-state index contributed by atoms with van der Waals surface area (Å²) in [6.07, 6.45) is 0.866. The molecule has 0 saturated carbocycles. The van der Waals surface area contributed by atoms with Gasteiger partial charge in [-0.15, -0.1) is 5.10 Å². The first-order valence-electron chi connectivity index (χ1n) is 7.19. The number of ether oxygens (including phenoxy) is 1. The summed E-state index contributed by atoms with van der Waals surface area (Å²) in [6, 6.07) is 6.50. The molecule has 1 unspecified atom stereocenters. The van der Waals surface area contributed by atoms with E-state index in [1.807, 2.05) is 13.1 Å². The molecule has 0 aliphatic carbocycles. The lowest BCUT2D eigenvalue weighted by Crippen LogP contribution is -2.20. The highest BCUT2D eigenvalue weighted by molar-refractivity contribution is 7.05. The predicted molar refractivity (Wildman–Crippen MR) is 87.2 cm³/mol. The van der Waals surface area contributed by atoms with E-state index in [4.69, 9.17) is 4.74 Å². The molecule has 0 aliphatic heterocycles. The lowest BCUT2D eigenvalue weighted by molar-refractivity contribution is 0.406. The summed E-state index contributed by atoms with van der Waals surface area (Å²) in [5, 5.41) is 7.68. The first-order valence-corrected chi connectivity index (χ1v) is 7.97. The summed E-state index contributed by atoms with van der Waals surface area (Å²) in [4.78, 5) is 1.22. The van der Waals surface area contributed by atoms with Crippen LogP contribution in [0.25, 0.3) is 0 Å². The van der Waals surface area contributed by atoms with Gasteiger partial charge in [-0.1, -0.05) is 36.0 Å². The summed E-state index contributed by atoms with van der Waals surface area (Å²) in [5.74, 6) is 1.32. The Morgan fingerprint density at radius 3 is 2.71 bits per heavy atom. The van der Waals surface area contributed by atoms with Gasteiger partial charge in [0, 0.05) is 6.04 Å². The SMILES string of the molecule is CNC(Cc1cc(C)ccc1OC)c1snnc1C(C)C. The van der Waals surface area contributed by atoms with Crippen molar-refractivity contribution in [1.82, 2.24) is 14.9 Å². The molecule has 0 spiro atoms. The van der Waals surface area contributed by atoms with E-state index in [1.54, 1.807) is 7.11 Å². The smallest absolute Gasteiger partial charge is 0.122 e. The Bertz CT molecular complexity index is 595. The Morgan fingerprint density at radius 1 is 1.33 bits per heavy atom. The molecule has 2 rings (SSSR count). The number of nitrogens with zero attached hydrogens (tertiary/aromatic N) is 2. The minimum absolute atomic E-state index is 0.207. The molecule has 2 aromatic rings. The molecule has 1 aromatic heterocycles. The summed E-state index contributed by atoms with van der Waals surface area (Å²) in [5.41, 5.74) is 3.54. The van der Waals surface area contributed by atoms with E-state index >= 15 is 0 Å². The van der Waals surface area contributed by atoms with Gasteiger partial charge in [-0.3, -0.25) is 0 Å². The van der Waals surface area contributed by atoms with Gasteiger partial charge in [0.15, 0.2) is 0 Å². The summed E-state index contributed by atoms with van der Waals surface area (Å²) in [6.45, 7) is 6.41. The fourth-order valence-electron chi connectivity index (χ4n) is 2.46. The second-order valence-electron chi connectivity index (χ2n) is 5.54. The first-order chi connectivity index (χ1) is 10.1. The largest absolute Gasteiger partial charge is 0.496 e. The molecule has 0 radical (unpaired) electrons. The highest BCUT2D eigenvalue weighted by Crippen LogP contribution is 2.31. The fraction of sp³-hybridized carbons (Fsp3) is 0.500. The van der Waals surface area contributed by atoms with Gasteiger partial charge in [0.2, 0.25) is 0 Å². The fourth-order valence-corrected chi connectivity index (χ4v) is 3.37. The van der Waals surface area contributed by atoms with Crippen LogP contribution in [0.4, 0.5) is 0 Å². The Morgan fingerprint density at radius 2 is 2.10 bits per heavy atom. The molecule has 1 atom stereocenters. The molecule has 114 valence electrons. The molecule has 4 nitrogen and oxygen atoms in total. The van der Waals surface area contributed by atoms with Gasteiger partial charge in [0.25, 0.3) is 0 Å². The van der Waals surface area contributed by atoms with Crippen LogP contribution in [0.3, 0.4) is 0 Å². The lowest BCUT2D eigenvalue weighted by Gasteiger charge is -2.18. The normalized spacial score (nSPS) is 12.7. The molecule has 0 amide bonds. The molecule has 1 N–H and O–H groups in total. The Kier molecular flexibility index (Phi) is 5.31.